The zero-order valence-corrected chi connectivity index (χ0v) is 11.2. The molecule has 0 bridgehead atoms. The van der Waals surface area contributed by atoms with Crippen molar-refractivity contribution in [3.8, 4) is 0 Å². The van der Waals surface area contributed by atoms with E-state index in [0.717, 1.165) is 6.67 Å². The second kappa shape index (κ2) is 3.81. The Labute approximate surface area is 80.7 Å². The SMILES string of the molecule is CC(C)[N]1C[N](C(C)C)[Sn]1[Cl]. The molecule has 0 aliphatic carbocycles. The van der Waals surface area contributed by atoms with Crippen LogP contribution in [0.3, 0.4) is 0 Å². The molecule has 1 aliphatic rings. The molecule has 1 rings (SSSR count). The molecule has 0 aromatic heterocycles. The monoisotopic (exact) mass is 283 g/mol. The molecule has 0 spiro atoms. The molecule has 1 saturated heterocycles. The molecule has 11 heavy (non-hydrogen) atoms. The molecular formula is C7H16ClN2Sn. The number of nitrogens with zero attached hydrogens (tertiary/aromatic N) is 2. The van der Waals surface area contributed by atoms with Crippen molar-refractivity contribution >= 4 is 28.1 Å². The fraction of sp³-hybridized carbons (Fsp3) is 1.00. The molecule has 0 unspecified atom stereocenters. The van der Waals surface area contributed by atoms with Crippen molar-refractivity contribution < 1.29 is 0 Å². The summed E-state index contributed by atoms with van der Waals surface area (Å²) in [5, 5.41) is 0. The van der Waals surface area contributed by atoms with Crippen LogP contribution in [0.15, 0.2) is 0 Å². The summed E-state index contributed by atoms with van der Waals surface area (Å²) >= 11 is -1.72. The standard InChI is InChI=1S/C7H16N2.ClH.Sn/c1-6(2)8-5-9-7(3)4;;/h6-7H,5H2,1-4H3;1H;/q-2;;+3/p-1. The third-order valence-electron chi connectivity index (χ3n) is 2.03. The van der Waals surface area contributed by atoms with Crippen molar-refractivity contribution in [2.75, 3.05) is 6.67 Å². The van der Waals surface area contributed by atoms with Gasteiger partial charge in [-0.3, -0.25) is 0 Å². The number of halogens is 1. The molecule has 0 atom stereocenters. The summed E-state index contributed by atoms with van der Waals surface area (Å²) in [6.45, 7) is 10.00. The molecule has 65 valence electrons. The minimum absolute atomic E-state index is 0.650. The first-order valence-electron chi connectivity index (χ1n) is 4.09. The molecule has 1 heterocycles. The van der Waals surface area contributed by atoms with Gasteiger partial charge in [0.15, 0.2) is 0 Å². The summed E-state index contributed by atoms with van der Waals surface area (Å²) in [5.41, 5.74) is 0. The van der Waals surface area contributed by atoms with E-state index < -0.39 is 19.2 Å². The van der Waals surface area contributed by atoms with Crippen molar-refractivity contribution in [2.45, 2.75) is 39.8 Å². The molecule has 0 aromatic rings. The average molecular weight is 282 g/mol. The van der Waals surface area contributed by atoms with Gasteiger partial charge in [-0.2, -0.15) is 0 Å². The first kappa shape index (κ1) is 10.1. The number of rotatable bonds is 2. The Morgan fingerprint density at radius 1 is 1.09 bits per heavy atom. The van der Waals surface area contributed by atoms with Crippen LogP contribution in [0.4, 0.5) is 0 Å². The van der Waals surface area contributed by atoms with Gasteiger partial charge in [0.25, 0.3) is 0 Å². The Bertz CT molecular complexity index is 126. The van der Waals surface area contributed by atoms with E-state index in [-0.39, 0.29) is 0 Å². The predicted molar refractivity (Wildman–Crippen MR) is 50.4 cm³/mol. The molecule has 0 amide bonds. The van der Waals surface area contributed by atoms with Crippen LogP contribution in [0, 0.1) is 0 Å². The number of hydrogen-bond acceptors (Lipinski definition) is 2. The van der Waals surface area contributed by atoms with E-state index in [1.807, 2.05) is 0 Å². The fourth-order valence-electron chi connectivity index (χ4n) is 1.12. The summed E-state index contributed by atoms with van der Waals surface area (Å²) in [6.07, 6.45) is 0. The summed E-state index contributed by atoms with van der Waals surface area (Å²) in [4.78, 5) is 0. The van der Waals surface area contributed by atoms with Crippen LogP contribution in [0.5, 0.6) is 0 Å². The molecule has 0 N–H and O–H groups in total. The zero-order valence-electron chi connectivity index (χ0n) is 7.63. The van der Waals surface area contributed by atoms with E-state index in [2.05, 4.69) is 33.9 Å². The molecule has 2 nitrogen and oxygen atoms in total. The van der Waals surface area contributed by atoms with E-state index in [4.69, 9.17) is 8.92 Å². The van der Waals surface area contributed by atoms with E-state index in [0.29, 0.717) is 12.1 Å². The maximum absolute atomic E-state index is 6.32. The average Bonchev–Trinajstić information content (AvgIpc) is 1.82. The molecule has 1 radical (unpaired) electrons. The van der Waals surface area contributed by atoms with Crippen molar-refractivity contribution in [3.05, 3.63) is 0 Å². The van der Waals surface area contributed by atoms with Crippen LogP contribution in [-0.4, -0.2) is 44.2 Å². The molecule has 1 fully saturated rings. The Kier molecular flexibility index (Phi) is 3.50. The summed E-state index contributed by atoms with van der Waals surface area (Å²) in [6, 6.07) is 1.30. The fourth-order valence-corrected chi connectivity index (χ4v) is 8.72. The van der Waals surface area contributed by atoms with E-state index in [1.54, 1.807) is 0 Å². The van der Waals surface area contributed by atoms with Gasteiger partial charge in [-0.1, -0.05) is 0 Å². The van der Waals surface area contributed by atoms with Gasteiger partial charge in [-0.25, -0.2) is 0 Å². The first-order valence-corrected chi connectivity index (χ1v) is 10.3. The van der Waals surface area contributed by atoms with Crippen LogP contribution in [0.1, 0.15) is 27.7 Å². The third kappa shape index (κ3) is 2.02. The molecule has 1 aliphatic heterocycles. The van der Waals surface area contributed by atoms with Gasteiger partial charge >= 0.3 is 80.8 Å². The van der Waals surface area contributed by atoms with Gasteiger partial charge in [-0.15, -0.1) is 0 Å². The summed E-state index contributed by atoms with van der Waals surface area (Å²) in [7, 11) is 6.32. The first-order chi connectivity index (χ1) is 5.04. The quantitative estimate of drug-likeness (QED) is 0.710. The van der Waals surface area contributed by atoms with Crippen molar-refractivity contribution in [3.63, 3.8) is 0 Å². The van der Waals surface area contributed by atoms with Crippen LogP contribution < -0.4 is 0 Å². The van der Waals surface area contributed by atoms with Crippen LogP contribution in [0.2, 0.25) is 0 Å². The van der Waals surface area contributed by atoms with E-state index >= 15 is 0 Å². The van der Waals surface area contributed by atoms with Crippen LogP contribution in [-0.2, 0) is 0 Å². The van der Waals surface area contributed by atoms with Gasteiger partial charge in [0.05, 0.1) is 0 Å². The van der Waals surface area contributed by atoms with Gasteiger partial charge in [-0.05, 0) is 0 Å². The van der Waals surface area contributed by atoms with Crippen molar-refractivity contribution in [2.24, 2.45) is 0 Å². The van der Waals surface area contributed by atoms with Crippen molar-refractivity contribution in [1.29, 1.82) is 0 Å². The normalized spacial score (nSPS) is 23.2. The van der Waals surface area contributed by atoms with Gasteiger partial charge in [0, 0.05) is 0 Å². The Morgan fingerprint density at radius 2 is 1.45 bits per heavy atom. The van der Waals surface area contributed by atoms with Crippen molar-refractivity contribution in [1.82, 2.24) is 6.24 Å². The van der Waals surface area contributed by atoms with E-state index in [1.165, 1.54) is 0 Å². The third-order valence-corrected chi connectivity index (χ3v) is 11.4. The van der Waals surface area contributed by atoms with E-state index in [9.17, 15) is 0 Å². The Hall–Kier alpha value is 1.01. The topological polar surface area (TPSA) is 6.48 Å². The second-order valence-electron chi connectivity index (χ2n) is 3.54. The predicted octanol–water partition coefficient (Wildman–Crippen LogP) is 1.60. The minimum atomic E-state index is -1.72. The van der Waals surface area contributed by atoms with Crippen LogP contribution in [0.25, 0.3) is 0 Å². The van der Waals surface area contributed by atoms with Gasteiger partial charge in [0.2, 0.25) is 0 Å². The second-order valence-corrected chi connectivity index (χ2v) is 10.6. The molecule has 0 saturated carbocycles. The summed E-state index contributed by atoms with van der Waals surface area (Å²) < 4.78 is 4.92. The Morgan fingerprint density at radius 3 is 1.64 bits per heavy atom. The van der Waals surface area contributed by atoms with Gasteiger partial charge in [0.1, 0.15) is 0 Å². The van der Waals surface area contributed by atoms with Crippen LogP contribution >= 0.6 is 8.92 Å². The molecule has 0 aromatic carbocycles. The van der Waals surface area contributed by atoms with Gasteiger partial charge < -0.3 is 0 Å². The maximum atomic E-state index is 6.32. The summed E-state index contributed by atoms with van der Waals surface area (Å²) in [5.74, 6) is 0. The molecular weight excluding hydrogens is 266 g/mol. The zero-order chi connectivity index (χ0) is 8.59. The Balaban J connectivity index is 2.38. The molecule has 4 heteroatoms. The number of hydrogen-bond donors (Lipinski definition) is 0.